The minimum atomic E-state index is -1.51. The Hall–Kier alpha value is -5.30. The summed E-state index contributed by atoms with van der Waals surface area (Å²) < 4.78 is 14.3. The average molecular weight is 620 g/mol. The zero-order valence-electron chi connectivity index (χ0n) is 25.2. The van der Waals surface area contributed by atoms with Crippen LogP contribution in [0.5, 0.6) is 0 Å². The second-order valence-electron chi connectivity index (χ2n) is 11.5. The van der Waals surface area contributed by atoms with Crippen LogP contribution in [0, 0.1) is 17.1 Å². The van der Waals surface area contributed by atoms with Crippen molar-refractivity contribution in [2.75, 3.05) is 0 Å². The number of amides is 2. The highest BCUT2D eigenvalue weighted by Crippen LogP contribution is 2.37. The molecule has 0 spiro atoms. The van der Waals surface area contributed by atoms with Crippen LogP contribution < -0.4 is 0 Å². The Morgan fingerprint density at radius 1 is 0.870 bits per heavy atom. The SMILES string of the molecule is C=C(c1ccccc1)[C@@H]1[C@H](O)[C@@H](O)[C@@H]([C@H](C)c2ccccc2)N(Cc2cccc(C(=O)O)c2)C(=O)N1Cc1ccc(F)c(C#N)c1. The predicted octanol–water partition coefficient (Wildman–Crippen LogP) is 5.81. The minimum absolute atomic E-state index is 0.0375. The Kier molecular flexibility index (Phi) is 9.61. The van der Waals surface area contributed by atoms with Crippen molar-refractivity contribution in [3.05, 3.63) is 149 Å². The fourth-order valence-electron chi connectivity index (χ4n) is 6.20. The monoisotopic (exact) mass is 619 g/mol. The van der Waals surface area contributed by atoms with Crippen molar-refractivity contribution in [2.45, 2.75) is 50.2 Å². The van der Waals surface area contributed by atoms with Crippen LogP contribution in [-0.4, -0.2) is 61.4 Å². The molecule has 46 heavy (non-hydrogen) atoms. The molecule has 1 heterocycles. The molecule has 0 saturated carbocycles. The number of aromatic carboxylic acids is 1. The lowest BCUT2D eigenvalue weighted by atomic mass is 9.83. The first-order valence-corrected chi connectivity index (χ1v) is 14.8. The third-order valence-electron chi connectivity index (χ3n) is 8.58. The van der Waals surface area contributed by atoms with Gasteiger partial charge in [-0.25, -0.2) is 14.0 Å². The van der Waals surface area contributed by atoms with Gasteiger partial charge in [-0.3, -0.25) is 0 Å². The number of aliphatic hydroxyl groups is 2. The zero-order chi connectivity index (χ0) is 33.0. The van der Waals surface area contributed by atoms with E-state index >= 15 is 0 Å². The van der Waals surface area contributed by atoms with Gasteiger partial charge in [0.25, 0.3) is 0 Å². The van der Waals surface area contributed by atoms with Crippen molar-refractivity contribution in [2.24, 2.45) is 0 Å². The lowest BCUT2D eigenvalue weighted by Gasteiger charge is -2.38. The van der Waals surface area contributed by atoms with E-state index in [-0.39, 0.29) is 24.2 Å². The van der Waals surface area contributed by atoms with E-state index in [1.807, 2.05) is 49.4 Å². The van der Waals surface area contributed by atoms with Gasteiger partial charge in [-0.15, -0.1) is 0 Å². The Bertz CT molecular complexity index is 1770. The lowest BCUT2D eigenvalue weighted by molar-refractivity contribution is -0.0356. The quantitative estimate of drug-likeness (QED) is 0.217. The number of nitriles is 1. The molecule has 5 atom stereocenters. The smallest absolute Gasteiger partial charge is 0.335 e. The standard InChI is InChI=1S/C37H34FN3O5/c1-23(27-11-5-3-6-12-27)32-34(42)35(43)33(24(2)28-13-7-4-8-14-28)41(22-26-16-17-31(38)30(19-26)20-39)37(46)40(32)21-25-10-9-15-29(18-25)36(44)45/h3-19,23,32-35,42-43H,2,21-22H2,1H3,(H,44,45)/t23-,32-,33-,34+,35+/m1/s1. The number of carboxylic acids is 1. The topological polar surface area (TPSA) is 125 Å². The molecular weight excluding hydrogens is 585 g/mol. The molecule has 8 nitrogen and oxygen atoms in total. The molecule has 0 aromatic heterocycles. The number of benzene rings is 4. The maximum absolute atomic E-state index is 14.9. The summed E-state index contributed by atoms with van der Waals surface area (Å²) in [5, 5.41) is 43.1. The third-order valence-corrected chi connectivity index (χ3v) is 8.58. The number of halogens is 1. The molecule has 9 heteroatoms. The van der Waals surface area contributed by atoms with E-state index in [2.05, 4.69) is 6.58 Å². The van der Waals surface area contributed by atoms with E-state index in [1.54, 1.807) is 36.4 Å². The predicted molar refractivity (Wildman–Crippen MR) is 171 cm³/mol. The number of nitrogens with zero attached hydrogens (tertiary/aromatic N) is 3. The third kappa shape index (κ3) is 6.54. The molecule has 1 aliphatic heterocycles. The number of rotatable bonds is 9. The Morgan fingerprint density at radius 2 is 1.48 bits per heavy atom. The van der Waals surface area contributed by atoms with Crippen LogP contribution in [-0.2, 0) is 13.1 Å². The van der Waals surface area contributed by atoms with Crippen LogP contribution in [0.3, 0.4) is 0 Å². The summed E-state index contributed by atoms with van der Waals surface area (Å²) in [6, 6.07) is 27.7. The highest BCUT2D eigenvalue weighted by atomic mass is 19.1. The number of hydrogen-bond acceptors (Lipinski definition) is 5. The fraction of sp³-hybridized carbons (Fsp3) is 0.216. The molecule has 1 fully saturated rings. The van der Waals surface area contributed by atoms with Crippen LogP contribution in [0.15, 0.2) is 110 Å². The summed E-state index contributed by atoms with van der Waals surface area (Å²) in [7, 11) is 0. The first kappa shape index (κ1) is 32.1. The zero-order valence-corrected chi connectivity index (χ0v) is 25.2. The summed E-state index contributed by atoms with van der Waals surface area (Å²) in [5.74, 6) is -2.30. The first-order valence-electron chi connectivity index (χ1n) is 14.8. The van der Waals surface area contributed by atoms with E-state index in [4.69, 9.17) is 0 Å². The molecule has 234 valence electrons. The van der Waals surface area contributed by atoms with Crippen LogP contribution in [0.2, 0.25) is 0 Å². The van der Waals surface area contributed by atoms with Crippen LogP contribution >= 0.6 is 0 Å². The van der Waals surface area contributed by atoms with E-state index < -0.39 is 48.0 Å². The van der Waals surface area contributed by atoms with Gasteiger partial charge in [0.2, 0.25) is 0 Å². The summed E-state index contributed by atoms with van der Waals surface area (Å²) in [6.07, 6.45) is -2.99. The number of carbonyl (C=O) groups is 2. The van der Waals surface area contributed by atoms with Gasteiger partial charge in [-0.05, 0) is 52.1 Å². The number of carbonyl (C=O) groups excluding carboxylic acids is 1. The Morgan fingerprint density at radius 3 is 2.13 bits per heavy atom. The van der Waals surface area contributed by atoms with Crippen molar-refractivity contribution in [1.29, 1.82) is 5.26 Å². The maximum Gasteiger partial charge on any atom is 0.335 e. The number of carboxylic acid groups (broad SMARTS) is 1. The summed E-state index contributed by atoms with van der Waals surface area (Å²) in [4.78, 5) is 29.5. The molecule has 3 N–H and O–H groups in total. The Labute approximate surface area is 266 Å². The molecule has 0 bridgehead atoms. The van der Waals surface area contributed by atoms with Gasteiger partial charge < -0.3 is 25.1 Å². The van der Waals surface area contributed by atoms with Crippen molar-refractivity contribution >= 4 is 17.6 Å². The van der Waals surface area contributed by atoms with E-state index in [9.17, 15) is 34.6 Å². The number of hydrogen-bond donors (Lipinski definition) is 3. The molecule has 0 radical (unpaired) electrons. The van der Waals surface area contributed by atoms with Crippen molar-refractivity contribution in [3.63, 3.8) is 0 Å². The van der Waals surface area contributed by atoms with E-state index in [0.29, 0.717) is 22.3 Å². The molecule has 0 aliphatic carbocycles. The molecular formula is C37H34FN3O5. The number of urea groups is 1. The first-order chi connectivity index (χ1) is 22.1. The minimum Gasteiger partial charge on any atom is -0.478 e. The summed E-state index contributed by atoms with van der Waals surface area (Å²) >= 11 is 0. The van der Waals surface area contributed by atoms with Gasteiger partial charge in [0.05, 0.1) is 23.2 Å². The van der Waals surface area contributed by atoms with Crippen LogP contribution in [0.25, 0.3) is 5.57 Å². The second-order valence-corrected chi connectivity index (χ2v) is 11.5. The van der Waals surface area contributed by atoms with Gasteiger partial charge in [0.1, 0.15) is 24.1 Å². The van der Waals surface area contributed by atoms with Crippen LogP contribution in [0.1, 0.15) is 51.0 Å². The van der Waals surface area contributed by atoms with Crippen molar-refractivity contribution in [1.82, 2.24) is 9.80 Å². The van der Waals surface area contributed by atoms with Crippen LogP contribution in [0.4, 0.5) is 9.18 Å². The lowest BCUT2D eigenvalue weighted by Crippen LogP contribution is -2.51. The highest BCUT2D eigenvalue weighted by Gasteiger charge is 2.49. The number of aliphatic hydroxyl groups excluding tert-OH is 2. The molecule has 4 aromatic carbocycles. The molecule has 0 unspecified atom stereocenters. The molecule has 2 amide bonds. The van der Waals surface area contributed by atoms with Gasteiger partial charge in [-0.1, -0.05) is 92.4 Å². The van der Waals surface area contributed by atoms with E-state index in [1.165, 1.54) is 34.1 Å². The molecule has 4 aromatic rings. The molecule has 5 rings (SSSR count). The second kappa shape index (κ2) is 13.8. The summed E-state index contributed by atoms with van der Waals surface area (Å²) in [6.45, 7) is 5.89. The summed E-state index contributed by atoms with van der Waals surface area (Å²) in [5.41, 5.74) is 2.62. The van der Waals surface area contributed by atoms with Crippen molar-refractivity contribution < 1.29 is 29.3 Å². The average Bonchev–Trinajstić information content (AvgIpc) is 3.14. The molecule has 1 saturated heterocycles. The van der Waals surface area contributed by atoms with Gasteiger partial charge in [0, 0.05) is 19.0 Å². The van der Waals surface area contributed by atoms with Crippen molar-refractivity contribution in [3.8, 4) is 6.07 Å². The largest absolute Gasteiger partial charge is 0.478 e. The molecule has 1 aliphatic rings. The fourth-order valence-corrected chi connectivity index (χ4v) is 6.20. The Balaban J connectivity index is 1.68. The van der Waals surface area contributed by atoms with Gasteiger partial charge in [-0.2, -0.15) is 5.26 Å². The highest BCUT2D eigenvalue weighted by molar-refractivity contribution is 5.87. The van der Waals surface area contributed by atoms with Gasteiger partial charge >= 0.3 is 12.0 Å². The van der Waals surface area contributed by atoms with Gasteiger partial charge in [0.15, 0.2) is 0 Å². The normalized spacial score (nSPS) is 20.5. The maximum atomic E-state index is 14.9. The van der Waals surface area contributed by atoms with E-state index in [0.717, 1.165) is 11.6 Å².